The molecule has 0 saturated carbocycles. The summed E-state index contributed by atoms with van der Waals surface area (Å²) in [4.78, 5) is 37.6. The van der Waals surface area contributed by atoms with E-state index in [0.717, 1.165) is 21.3 Å². The molecule has 36 heavy (non-hydrogen) atoms. The quantitative estimate of drug-likeness (QED) is 0.251. The van der Waals surface area contributed by atoms with E-state index in [1.54, 1.807) is 30.6 Å². The lowest BCUT2D eigenvalue weighted by molar-refractivity contribution is -0.384. The third-order valence-electron chi connectivity index (χ3n) is 6.05. The molecule has 0 atom stereocenters. The maximum Gasteiger partial charge on any atom is 0.293 e. The normalized spacial score (nSPS) is 13.7. The second-order valence-electron chi connectivity index (χ2n) is 8.33. The Kier molecular flexibility index (Phi) is 6.82. The minimum atomic E-state index is -0.448. The number of aromatic nitrogens is 2. The van der Waals surface area contributed by atoms with Crippen LogP contribution < -0.4 is 9.80 Å². The van der Waals surface area contributed by atoms with Gasteiger partial charge in [0.1, 0.15) is 5.69 Å². The molecule has 2 aromatic heterocycles. The van der Waals surface area contributed by atoms with Gasteiger partial charge in [-0.1, -0.05) is 29.0 Å². The van der Waals surface area contributed by atoms with Crippen LogP contribution in [0, 0.1) is 17.0 Å². The number of nitro benzene ring substituents is 1. The zero-order valence-electron chi connectivity index (χ0n) is 19.4. The number of halogens is 1. The highest BCUT2D eigenvalue weighted by Crippen LogP contribution is 2.36. The van der Waals surface area contributed by atoms with Crippen LogP contribution in [0.4, 0.5) is 16.5 Å². The monoisotopic (exact) mass is 523 g/mol. The minimum absolute atomic E-state index is 0.115. The van der Waals surface area contributed by atoms with E-state index in [1.165, 1.54) is 22.3 Å². The number of amides is 1. The lowest BCUT2D eigenvalue weighted by Crippen LogP contribution is -2.36. The van der Waals surface area contributed by atoms with Gasteiger partial charge >= 0.3 is 0 Å². The van der Waals surface area contributed by atoms with Crippen molar-refractivity contribution >= 4 is 55.6 Å². The number of morpholine rings is 1. The minimum Gasteiger partial charge on any atom is -0.378 e. The van der Waals surface area contributed by atoms with Crippen LogP contribution in [0.2, 0.25) is 5.02 Å². The van der Waals surface area contributed by atoms with Crippen molar-refractivity contribution in [2.45, 2.75) is 13.5 Å². The molecule has 1 amide bonds. The first kappa shape index (κ1) is 24.1. The van der Waals surface area contributed by atoms with Crippen molar-refractivity contribution in [3.8, 4) is 0 Å². The number of carbonyl (C=O) groups excluding carboxylic acids is 1. The fraction of sp³-hybridized carbons (Fsp3) is 0.240. The molecule has 1 fully saturated rings. The van der Waals surface area contributed by atoms with Crippen molar-refractivity contribution in [3.63, 3.8) is 0 Å². The first-order chi connectivity index (χ1) is 17.4. The molecule has 1 aliphatic rings. The highest BCUT2D eigenvalue weighted by atomic mass is 35.5. The summed E-state index contributed by atoms with van der Waals surface area (Å²) >= 11 is 7.66. The molecule has 0 aliphatic carbocycles. The molecule has 2 aromatic carbocycles. The Bertz CT molecular complexity index is 1440. The van der Waals surface area contributed by atoms with Gasteiger partial charge < -0.3 is 9.64 Å². The van der Waals surface area contributed by atoms with Gasteiger partial charge in [0.2, 0.25) is 0 Å². The maximum absolute atomic E-state index is 13.8. The molecule has 0 N–H and O–H groups in total. The lowest BCUT2D eigenvalue weighted by atomic mass is 10.1. The van der Waals surface area contributed by atoms with Crippen LogP contribution in [0.3, 0.4) is 0 Å². The molecule has 5 rings (SSSR count). The van der Waals surface area contributed by atoms with E-state index in [0.29, 0.717) is 42.1 Å². The Morgan fingerprint density at radius 3 is 2.78 bits per heavy atom. The summed E-state index contributed by atoms with van der Waals surface area (Å²) in [5.74, 6) is -0.390. The molecule has 0 unspecified atom stereocenters. The lowest BCUT2D eigenvalue weighted by Gasteiger charge is -2.28. The molecule has 9 nitrogen and oxygen atoms in total. The zero-order chi connectivity index (χ0) is 25.2. The van der Waals surface area contributed by atoms with Crippen LogP contribution >= 0.6 is 22.9 Å². The standard InChI is InChI=1S/C25H22ClN5O4S/c1-16-19(26)5-7-22-23(16)28-25(36-22)30(15-17-3-2-8-27-14-17)24(32)18-4-6-20(21(13-18)31(33)34)29-9-11-35-12-10-29/h2-8,13-14H,9-12,15H2,1H3. The van der Waals surface area contributed by atoms with E-state index in [2.05, 4.69) is 4.98 Å². The molecule has 0 spiro atoms. The van der Waals surface area contributed by atoms with Crippen molar-refractivity contribution in [1.82, 2.24) is 9.97 Å². The number of pyridine rings is 1. The van der Waals surface area contributed by atoms with Gasteiger partial charge in [0.15, 0.2) is 5.13 Å². The average Bonchev–Trinajstić information content (AvgIpc) is 3.34. The largest absolute Gasteiger partial charge is 0.378 e. The summed E-state index contributed by atoms with van der Waals surface area (Å²) in [5, 5.41) is 13.0. The SMILES string of the molecule is Cc1c(Cl)ccc2sc(N(Cc3cccnc3)C(=O)c3ccc(N4CCOCC4)c([N+](=O)[O-])c3)nc12. The first-order valence-electron chi connectivity index (χ1n) is 11.3. The molecule has 1 saturated heterocycles. The zero-order valence-corrected chi connectivity index (χ0v) is 21.0. The Labute approximate surface area is 216 Å². The fourth-order valence-electron chi connectivity index (χ4n) is 4.13. The summed E-state index contributed by atoms with van der Waals surface area (Å²) in [5.41, 5.74) is 2.92. The molecule has 0 bridgehead atoms. The Morgan fingerprint density at radius 1 is 1.25 bits per heavy atom. The van der Waals surface area contributed by atoms with Crippen molar-refractivity contribution in [2.75, 3.05) is 36.1 Å². The van der Waals surface area contributed by atoms with Gasteiger partial charge in [-0.25, -0.2) is 4.98 Å². The van der Waals surface area contributed by atoms with Gasteiger partial charge in [0.25, 0.3) is 11.6 Å². The molecule has 11 heteroatoms. The number of carbonyl (C=O) groups is 1. The number of anilines is 2. The van der Waals surface area contributed by atoms with Crippen LogP contribution in [-0.2, 0) is 11.3 Å². The highest BCUT2D eigenvalue weighted by Gasteiger charge is 2.27. The van der Waals surface area contributed by atoms with E-state index >= 15 is 0 Å². The molecular weight excluding hydrogens is 502 g/mol. The van der Waals surface area contributed by atoms with Gasteiger partial charge in [-0.05, 0) is 48.4 Å². The topological polar surface area (TPSA) is 102 Å². The second kappa shape index (κ2) is 10.2. The van der Waals surface area contributed by atoms with E-state index in [-0.39, 0.29) is 17.8 Å². The Morgan fingerprint density at radius 2 is 2.06 bits per heavy atom. The first-order valence-corrected chi connectivity index (χ1v) is 12.5. The molecule has 0 radical (unpaired) electrons. The predicted molar refractivity (Wildman–Crippen MR) is 140 cm³/mol. The number of hydrogen-bond donors (Lipinski definition) is 0. The van der Waals surface area contributed by atoms with Crippen LogP contribution in [0.1, 0.15) is 21.5 Å². The van der Waals surface area contributed by atoms with E-state index in [9.17, 15) is 14.9 Å². The number of nitrogens with zero attached hydrogens (tertiary/aromatic N) is 5. The number of rotatable bonds is 6. The summed E-state index contributed by atoms with van der Waals surface area (Å²) in [7, 11) is 0. The van der Waals surface area contributed by atoms with Crippen LogP contribution in [0.25, 0.3) is 10.2 Å². The van der Waals surface area contributed by atoms with Gasteiger partial charge in [-0.3, -0.25) is 24.8 Å². The van der Waals surface area contributed by atoms with E-state index < -0.39 is 10.8 Å². The summed E-state index contributed by atoms with van der Waals surface area (Å²) in [6, 6.07) is 12.0. The summed E-state index contributed by atoms with van der Waals surface area (Å²) in [6.45, 7) is 4.19. The molecule has 3 heterocycles. The van der Waals surface area contributed by atoms with Crippen LogP contribution in [0.15, 0.2) is 54.9 Å². The third-order valence-corrected chi connectivity index (χ3v) is 7.50. The number of ether oxygens (including phenoxy) is 1. The average molecular weight is 524 g/mol. The van der Waals surface area contributed by atoms with Crippen LogP contribution in [-0.4, -0.2) is 47.1 Å². The molecule has 1 aliphatic heterocycles. The molecule has 184 valence electrons. The Hall–Kier alpha value is -3.60. The summed E-state index contributed by atoms with van der Waals surface area (Å²) < 4.78 is 6.26. The van der Waals surface area contributed by atoms with Crippen LogP contribution in [0.5, 0.6) is 0 Å². The van der Waals surface area contributed by atoms with Gasteiger partial charge in [0.05, 0.1) is 34.9 Å². The van der Waals surface area contributed by atoms with E-state index in [4.69, 9.17) is 21.3 Å². The Balaban J connectivity index is 1.56. The van der Waals surface area contributed by atoms with Crippen molar-refractivity contribution < 1.29 is 14.5 Å². The summed E-state index contributed by atoms with van der Waals surface area (Å²) in [6.07, 6.45) is 3.34. The number of nitro groups is 1. The number of aryl methyl sites for hydroxylation is 1. The number of benzene rings is 2. The van der Waals surface area contributed by atoms with Crippen molar-refractivity contribution in [3.05, 3.63) is 86.7 Å². The van der Waals surface area contributed by atoms with Gasteiger partial charge in [-0.2, -0.15) is 0 Å². The van der Waals surface area contributed by atoms with Crippen molar-refractivity contribution in [2.24, 2.45) is 0 Å². The fourth-order valence-corrected chi connectivity index (χ4v) is 5.31. The molecule has 4 aromatic rings. The molecular formula is C25H22ClN5O4S. The third kappa shape index (κ3) is 4.75. The van der Waals surface area contributed by atoms with E-state index in [1.807, 2.05) is 30.0 Å². The number of fused-ring (bicyclic) bond motifs is 1. The maximum atomic E-state index is 13.8. The van der Waals surface area contributed by atoms with Gasteiger partial charge in [-0.15, -0.1) is 0 Å². The van der Waals surface area contributed by atoms with Crippen molar-refractivity contribution in [1.29, 1.82) is 0 Å². The second-order valence-corrected chi connectivity index (χ2v) is 9.74. The smallest absolute Gasteiger partial charge is 0.293 e. The van der Waals surface area contributed by atoms with Gasteiger partial charge in [0, 0.05) is 42.1 Å². The highest BCUT2D eigenvalue weighted by molar-refractivity contribution is 7.22. The predicted octanol–water partition coefficient (Wildman–Crippen LogP) is 5.24. The number of thiazole rings is 1. The number of hydrogen-bond acceptors (Lipinski definition) is 8.